The van der Waals surface area contributed by atoms with E-state index in [-0.39, 0.29) is 0 Å². The van der Waals surface area contributed by atoms with Crippen LogP contribution in [0, 0.1) is 0 Å². The summed E-state index contributed by atoms with van der Waals surface area (Å²) in [5.74, 6) is 1.42. The third-order valence-corrected chi connectivity index (χ3v) is 4.49. The summed E-state index contributed by atoms with van der Waals surface area (Å²) < 4.78 is 7.43. The van der Waals surface area contributed by atoms with Crippen molar-refractivity contribution in [2.75, 3.05) is 7.11 Å². The van der Waals surface area contributed by atoms with Crippen molar-refractivity contribution >= 4 is 49.0 Å². The van der Waals surface area contributed by atoms with E-state index in [0.717, 1.165) is 10.2 Å². The second kappa shape index (κ2) is 4.09. The number of benzene rings is 1. The molecule has 1 aromatic carbocycles. The monoisotopic (exact) mass is 290 g/mol. The van der Waals surface area contributed by atoms with Gasteiger partial charge in [0.15, 0.2) is 0 Å². The van der Waals surface area contributed by atoms with Gasteiger partial charge in [0.1, 0.15) is 5.75 Å². The second-order valence-electron chi connectivity index (χ2n) is 2.85. The predicted octanol–water partition coefficient (Wildman–Crippen LogP) is 4.41. The van der Waals surface area contributed by atoms with E-state index in [0.29, 0.717) is 5.88 Å². The van der Waals surface area contributed by atoms with Gasteiger partial charge in [-0.05, 0) is 44.4 Å². The lowest BCUT2D eigenvalue weighted by Crippen LogP contribution is -1.83. The average Bonchev–Trinajstić information content (AvgIpc) is 2.62. The highest BCUT2D eigenvalue weighted by molar-refractivity contribution is 9.10. The van der Waals surface area contributed by atoms with E-state index in [2.05, 4.69) is 21.3 Å². The third kappa shape index (κ3) is 1.53. The molecule has 74 valence electrons. The number of methoxy groups -OCH3 is 1. The fourth-order valence-electron chi connectivity index (χ4n) is 1.36. The van der Waals surface area contributed by atoms with Gasteiger partial charge in [-0.2, -0.15) is 0 Å². The normalized spacial score (nSPS) is 10.8. The number of ether oxygens (including phenoxy) is 1. The Kier molecular flexibility index (Phi) is 3.00. The molecule has 0 bridgehead atoms. The van der Waals surface area contributed by atoms with E-state index in [1.54, 1.807) is 18.4 Å². The van der Waals surface area contributed by atoms with E-state index < -0.39 is 0 Å². The molecule has 0 spiro atoms. The lowest BCUT2D eigenvalue weighted by atomic mass is 10.2. The molecular weight excluding hydrogens is 284 g/mol. The molecule has 2 rings (SSSR count). The SMILES string of the molecule is COc1ccc2c(CCl)csc2c1Br. The Morgan fingerprint density at radius 1 is 1.50 bits per heavy atom. The van der Waals surface area contributed by atoms with Gasteiger partial charge in [0, 0.05) is 5.88 Å². The lowest BCUT2D eigenvalue weighted by Gasteiger charge is -2.03. The maximum Gasteiger partial charge on any atom is 0.134 e. The van der Waals surface area contributed by atoms with E-state index in [4.69, 9.17) is 16.3 Å². The van der Waals surface area contributed by atoms with Crippen LogP contribution in [0.25, 0.3) is 10.1 Å². The van der Waals surface area contributed by atoms with Crippen molar-refractivity contribution in [3.8, 4) is 5.75 Å². The fraction of sp³-hybridized carbons (Fsp3) is 0.200. The standard InChI is InChI=1S/C10H8BrClOS/c1-13-8-3-2-7-6(4-12)5-14-10(7)9(8)11/h2-3,5H,4H2,1H3. The van der Waals surface area contributed by atoms with E-state index in [9.17, 15) is 0 Å². The number of alkyl halides is 1. The van der Waals surface area contributed by atoms with Gasteiger partial charge in [0.05, 0.1) is 16.3 Å². The van der Waals surface area contributed by atoms with Crippen LogP contribution in [0.3, 0.4) is 0 Å². The number of hydrogen-bond acceptors (Lipinski definition) is 2. The van der Waals surface area contributed by atoms with Crippen LogP contribution in [0.15, 0.2) is 22.0 Å². The minimum absolute atomic E-state index is 0.554. The van der Waals surface area contributed by atoms with Crippen LogP contribution >= 0.6 is 38.9 Å². The van der Waals surface area contributed by atoms with Crippen LogP contribution in [-0.2, 0) is 5.88 Å². The fourth-order valence-corrected chi connectivity index (χ4v) is 3.46. The van der Waals surface area contributed by atoms with Gasteiger partial charge in [-0.3, -0.25) is 0 Å². The molecule has 0 unspecified atom stereocenters. The van der Waals surface area contributed by atoms with Crippen LogP contribution in [0.4, 0.5) is 0 Å². The molecule has 14 heavy (non-hydrogen) atoms. The Balaban J connectivity index is 2.72. The Labute approximate surface area is 99.8 Å². The van der Waals surface area contributed by atoms with Crippen molar-refractivity contribution in [1.29, 1.82) is 0 Å². The van der Waals surface area contributed by atoms with Crippen molar-refractivity contribution < 1.29 is 4.74 Å². The molecule has 0 radical (unpaired) electrons. The topological polar surface area (TPSA) is 9.23 Å². The minimum Gasteiger partial charge on any atom is -0.496 e. The molecule has 0 aliphatic rings. The summed E-state index contributed by atoms with van der Waals surface area (Å²) in [7, 11) is 1.67. The van der Waals surface area contributed by atoms with Crippen LogP contribution in [0.2, 0.25) is 0 Å². The zero-order valence-electron chi connectivity index (χ0n) is 7.51. The molecule has 0 aliphatic heterocycles. The first-order chi connectivity index (χ1) is 6.77. The maximum absolute atomic E-state index is 5.83. The molecule has 0 saturated heterocycles. The summed E-state index contributed by atoms with van der Waals surface area (Å²) in [6.07, 6.45) is 0. The highest BCUT2D eigenvalue weighted by atomic mass is 79.9. The van der Waals surface area contributed by atoms with Crippen molar-refractivity contribution in [3.05, 3.63) is 27.5 Å². The van der Waals surface area contributed by atoms with Gasteiger partial charge >= 0.3 is 0 Å². The zero-order chi connectivity index (χ0) is 10.1. The third-order valence-electron chi connectivity index (χ3n) is 2.09. The van der Waals surface area contributed by atoms with Crippen molar-refractivity contribution in [2.24, 2.45) is 0 Å². The first-order valence-corrected chi connectivity index (χ1v) is 6.27. The lowest BCUT2D eigenvalue weighted by molar-refractivity contribution is 0.413. The number of halogens is 2. The Bertz CT molecular complexity index is 466. The summed E-state index contributed by atoms with van der Waals surface area (Å²) >= 11 is 11.0. The van der Waals surface area contributed by atoms with Crippen molar-refractivity contribution in [2.45, 2.75) is 5.88 Å². The summed E-state index contributed by atoms with van der Waals surface area (Å²) in [5.41, 5.74) is 1.18. The number of hydrogen-bond donors (Lipinski definition) is 0. The van der Waals surface area contributed by atoms with Crippen LogP contribution < -0.4 is 4.74 Å². The molecule has 1 nitrogen and oxygen atoms in total. The molecule has 0 saturated carbocycles. The smallest absolute Gasteiger partial charge is 0.134 e. The van der Waals surface area contributed by atoms with Crippen LogP contribution in [-0.4, -0.2) is 7.11 Å². The summed E-state index contributed by atoms with van der Waals surface area (Å²) in [4.78, 5) is 0. The number of thiophene rings is 1. The molecule has 0 fully saturated rings. The molecule has 4 heteroatoms. The minimum atomic E-state index is 0.554. The highest BCUT2D eigenvalue weighted by Gasteiger charge is 2.09. The predicted molar refractivity (Wildman–Crippen MR) is 65.6 cm³/mol. The van der Waals surface area contributed by atoms with Gasteiger partial charge in [-0.25, -0.2) is 0 Å². The molecule has 1 aromatic heterocycles. The van der Waals surface area contributed by atoms with E-state index >= 15 is 0 Å². The Morgan fingerprint density at radius 2 is 2.29 bits per heavy atom. The molecule has 0 amide bonds. The quantitative estimate of drug-likeness (QED) is 0.745. The molecule has 0 atom stereocenters. The maximum atomic E-state index is 5.83. The van der Waals surface area contributed by atoms with E-state index in [1.807, 2.05) is 12.1 Å². The van der Waals surface area contributed by atoms with Gasteiger partial charge in [0.2, 0.25) is 0 Å². The first-order valence-electron chi connectivity index (χ1n) is 4.06. The van der Waals surface area contributed by atoms with Crippen LogP contribution in [0.5, 0.6) is 5.75 Å². The summed E-state index contributed by atoms with van der Waals surface area (Å²) in [6.45, 7) is 0. The Hall–Kier alpha value is -0.250. The van der Waals surface area contributed by atoms with Crippen molar-refractivity contribution in [3.63, 3.8) is 0 Å². The highest BCUT2D eigenvalue weighted by Crippen LogP contribution is 2.38. The summed E-state index contributed by atoms with van der Waals surface area (Å²) in [6, 6.07) is 4.00. The van der Waals surface area contributed by atoms with Crippen LogP contribution in [0.1, 0.15) is 5.56 Å². The Morgan fingerprint density at radius 3 is 2.93 bits per heavy atom. The zero-order valence-corrected chi connectivity index (χ0v) is 10.7. The van der Waals surface area contributed by atoms with Crippen molar-refractivity contribution in [1.82, 2.24) is 0 Å². The average molecular weight is 292 g/mol. The largest absolute Gasteiger partial charge is 0.496 e. The first kappa shape index (κ1) is 10.3. The molecule has 0 N–H and O–H groups in total. The van der Waals surface area contributed by atoms with E-state index in [1.165, 1.54) is 15.6 Å². The molecular formula is C10H8BrClOS. The number of rotatable bonds is 2. The summed E-state index contributed by atoms with van der Waals surface area (Å²) in [5, 5.41) is 3.29. The van der Waals surface area contributed by atoms with Gasteiger partial charge in [-0.15, -0.1) is 22.9 Å². The second-order valence-corrected chi connectivity index (χ2v) is 4.79. The van der Waals surface area contributed by atoms with Gasteiger partial charge < -0.3 is 4.74 Å². The van der Waals surface area contributed by atoms with Gasteiger partial charge in [-0.1, -0.05) is 0 Å². The molecule has 2 aromatic rings. The molecule has 0 aliphatic carbocycles. The molecule has 1 heterocycles. The van der Waals surface area contributed by atoms with Gasteiger partial charge in [0.25, 0.3) is 0 Å². The number of fused-ring (bicyclic) bond motifs is 1.